The van der Waals surface area contributed by atoms with E-state index < -0.39 is 6.10 Å². The molecule has 0 bridgehead atoms. The molecule has 180 valence electrons. The molecule has 9 heteroatoms. The summed E-state index contributed by atoms with van der Waals surface area (Å²) in [6.07, 6.45) is 6.40. The van der Waals surface area contributed by atoms with Crippen LogP contribution in [0.5, 0.6) is 5.75 Å². The Morgan fingerprint density at radius 2 is 2.00 bits per heavy atom. The predicted molar refractivity (Wildman–Crippen MR) is 130 cm³/mol. The van der Waals surface area contributed by atoms with Gasteiger partial charge in [0.25, 0.3) is 5.91 Å². The van der Waals surface area contributed by atoms with E-state index in [0.29, 0.717) is 41.3 Å². The number of hydrogen-bond donors (Lipinski definition) is 4. The number of aliphatic hydroxyl groups excluding tert-OH is 1. The molecule has 1 saturated carbocycles. The quantitative estimate of drug-likeness (QED) is 0.370. The van der Waals surface area contributed by atoms with Crippen molar-refractivity contribution in [2.75, 3.05) is 18.5 Å². The monoisotopic (exact) mass is 465 g/mol. The zero-order valence-corrected chi connectivity index (χ0v) is 19.7. The lowest BCUT2D eigenvalue weighted by molar-refractivity contribution is 0.0725. The highest BCUT2D eigenvalue weighted by Gasteiger charge is 2.33. The van der Waals surface area contributed by atoms with E-state index in [-0.39, 0.29) is 24.0 Å². The molecule has 4 rings (SSSR count). The number of nitrogens with zero attached hydrogens (tertiary/aromatic N) is 2. The Kier molecular flexibility index (Phi) is 6.74. The number of β-amino-alcohol motifs (C(OH)–C–C–N with tert-alkyl or cyclic N) is 1. The molecule has 1 aromatic heterocycles. The van der Waals surface area contributed by atoms with Crippen LogP contribution in [0.15, 0.2) is 36.5 Å². The number of anilines is 1. The molecule has 2 fully saturated rings. The number of carbonyl (C=O) groups excluding carboxylic acids is 2. The number of aromatic nitrogens is 1. The lowest BCUT2D eigenvalue weighted by atomic mass is 10.1. The van der Waals surface area contributed by atoms with E-state index in [1.165, 1.54) is 6.08 Å². The van der Waals surface area contributed by atoms with E-state index in [1.54, 1.807) is 47.3 Å². The normalized spacial score (nSPS) is 20.2. The highest BCUT2D eigenvalue weighted by atomic mass is 16.5. The van der Waals surface area contributed by atoms with E-state index in [2.05, 4.69) is 10.3 Å². The lowest BCUT2D eigenvalue weighted by Gasteiger charge is -2.21. The van der Waals surface area contributed by atoms with Gasteiger partial charge in [-0.15, -0.1) is 0 Å². The molecule has 1 aliphatic heterocycles. The number of aromatic amines is 1. The van der Waals surface area contributed by atoms with Crippen LogP contribution in [0.4, 0.5) is 10.5 Å². The van der Waals surface area contributed by atoms with Gasteiger partial charge in [-0.05, 0) is 62.9 Å². The van der Waals surface area contributed by atoms with Crippen molar-refractivity contribution in [3.05, 3.63) is 53.4 Å². The summed E-state index contributed by atoms with van der Waals surface area (Å²) in [5.74, 6) is 0.787. The molecule has 4 N–H and O–H groups in total. The fraction of sp³-hybridized carbons (Fsp3) is 0.400. The maximum Gasteiger partial charge on any atom is 0.321 e. The minimum atomic E-state index is -0.504. The minimum Gasteiger partial charge on any atom is -0.455 e. The lowest BCUT2D eigenvalue weighted by Crippen LogP contribution is -2.38. The zero-order valence-electron chi connectivity index (χ0n) is 19.7. The smallest absolute Gasteiger partial charge is 0.321 e. The molecular weight excluding hydrogens is 434 g/mol. The number of allylic oxidation sites excluding steroid dienone is 1. The number of nitrogens with one attached hydrogen (secondary N) is 3. The fourth-order valence-corrected chi connectivity index (χ4v) is 4.14. The largest absolute Gasteiger partial charge is 0.455 e. The van der Waals surface area contributed by atoms with E-state index >= 15 is 0 Å². The molecule has 2 aromatic rings. The van der Waals surface area contributed by atoms with Crippen LogP contribution in [0.3, 0.4) is 0 Å². The molecule has 9 nitrogen and oxygen atoms in total. The Morgan fingerprint density at radius 3 is 2.59 bits per heavy atom. The first-order valence-corrected chi connectivity index (χ1v) is 11.5. The third-order valence-corrected chi connectivity index (χ3v) is 6.33. The Morgan fingerprint density at radius 1 is 1.29 bits per heavy atom. The fourth-order valence-electron chi connectivity index (χ4n) is 4.14. The van der Waals surface area contributed by atoms with Gasteiger partial charge in [0.2, 0.25) is 0 Å². The number of aliphatic hydroxyl groups is 1. The molecule has 1 aromatic carbocycles. The number of likely N-dealkylation sites (tertiary alicyclic amines) is 1. The van der Waals surface area contributed by atoms with Crippen molar-refractivity contribution in [1.29, 1.82) is 5.41 Å². The van der Waals surface area contributed by atoms with E-state index in [9.17, 15) is 14.7 Å². The van der Waals surface area contributed by atoms with Gasteiger partial charge in [0.05, 0.1) is 17.4 Å². The van der Waals surface area contributed by atoms with Crippen LogP contribution in [0.2, 0.25) is 0 Å². The van der Waals surface area contributed by atoms with Gasteiger partial charge in [-0.2, -0.15) is 0 Å². The van der Waals surface area contributed by atoms with Crippen LogP contribution in [0, 0.1) is 12.3 Å². The van der Waals surface area contributed by atoms with Crippen LogP contribution < -0.4 is 15.0 Å². The second kappa shape index (κ2) is 9.72. The molecule has 2 heterocycles. The van der Waals surface area contributed by atoms with E-state index in [4.69, 9.17) is 10.1 Å². The molecule has 3 amide bonds. The third kappa shape index (κ3) is 4.99. The average Bonchev–Trinajstić information content (AvgIpc) is 3.45. The summed E-state index contributed by atoms with van der Waals surface area (Å²) >= 11 is 0. The maximum atomic E-state index is 13.1. The summed E-state index contributed by atoms with van der Waals surface area (Å²) in [7, 11) is 1.72. The molecule has 2 atom stereocenters. The van der Waals surface area contributed by atoms with Gasteiger partial charge >= 0.3 is 6.03 Å². The Bertz CT molecular complexity index is 1100. The van der Waals surface area contributed by atoms with Crippen molar-refractivity contribution in [1.82, 2.24) is 15.2 Å². The standard InChI is InChI=1S/C25H31N5O4/c1-15-12-19(31)14-30(15)24(32)21-13-27-23(16(21)2)22(10-11-26)34-20-8-6-18(7-9-20)29(3)25(33)28-17-4-5-17/h6-11,13,15,17,19,26-27,31H,4-5,12,14H2,1-3H3,(H,28,33)/b22-10+,26-11?. The number of carbonyl (C=O) groups is 2. The zero-order chi connectivity index (χ0) is 24.4. The average molecular weight is 466 g/mol. The van der Waals surface area contributed by atoms with Gasteiger partial charge in [0, 0.05) is 49.9 Å². The summed E-state index contributed by atoms with van der Waals surface area (Å²) in [4.78, 5) is 31.7. The van der Waals surface area contributed by atoms with Gasteiger partial charge < -0.3 is 30.5 Å². The highest BCUT2D eigenvalue weighted by Crippen LogP contribution is 2.29. The first kappa shape index (κ1) is 23.6. The molecule has 2 unspecified atom stereocenters. The van der Waals surface area contributed by atoms with E-state index in [0.717, 1.165) is 24.7 Å². The summed E-state index contributed by atoms with van der Waals surface area (Å²) in [5.41, 5.74) is 2.55. The molecule has 0 radical (unpaired) electrons. The van der Waals surface area contributed by atoms with Crippen molar-refractivity contribution in [3.8, 4) is 5.75 Å². The molecular formula is C25H31N5O4. The number of H-pyrrole nitrogens is 1. The molecule has 2 aliphatic rings. The second-order valence-corrected chi connectivity index (χ2v) is 8.97. The van der Waals surface area contributed by atoms with E-state index in [1.807, 2.05) is 13.8 Å². The highest BCUT2D eigenvalue weighted by molar-refractivity contribution is 5.97. The van der Waals surface area contributed by atoms with Gasteiger partial charge in [-0.1, -0.05) is 0 Å². The molecule has 1 saturated heterocycles. The van der Waals surface area contributed by atoms with Crippen molar-refractivity contribution in [3.63, 3.8) is 0 Å². The van der Waals surface area contributed by atoms with Gasteiger partial charge in [-0.3, -0.25) is 9.69 Å². The van der Waals surface area contributed by atoms with Crippen LogP contribution in [-0.4, -0.2) is 64.9 Å². The summed E-state index contributed by atoms with van der Waals surface area (Å²) in [6.45, 7) is 4.07. The first-order valence-electron chi connectivity index (χ1n) is 11.5. The number of rotatable bonds is 7. The molecule has 0 spiro atoms. The first-order chi connectivity index (χ1) is 16.3. The summed E-state index contributed by atoms with van der Waals surface area (Å²) in [6, 6.07) is 7.21. The Hall–Kier alpha value is -3.59. The Labute approximate surface area is 198 Å². The van der Waals surface area contributed by atoms with Crippen molar-refractivity contribution < 1.29 is 19.4 Å². The van der Waals surface area contributed by atoms with Gasteiger partial charge in [0.15, 0.2) is 5.76 Å². The second-order valence-electron chi connectivity index (χ2n) is 8.97. The van der Waals surface area contributed by atoms with Crippen molar-refractivity contribution >= 4 is 29.6 Å². The topological polar surface area (TPSA) is 122 Å². The Balaban J connectivity index is 1.49. The number of urea groups is 1. The number of amides is 3. The summed E-state index contributed by atoms with van der Waals surface area (Å²) < 4.78 is 6.04. The minimum absolute atomic E-state index is 0.0314. The molecule has 34 heavy (non-hydrogen) atoms. The van der Waals surface area contributed by atoms with Crippen LogP contribution in [-0.2, 0) is 0 Å². The summed E-state index contributed by atoms with van der Waals surface area (Å²) in [5, 5.41) is 20.4. The number of benzene rings is 1. The van der Waals surface area contributed by atoms with Crippen molar-refractivity contribution in [2.24, 2.45) is 0 Å². The SMILES string of the molecule is Cc1c(C(=O)N2CC(O)CC2C)c[nH]c1/C(=C\C=N)Oc1ccc(N(C)C(=O)NC2CC2)cc1. The number of ether oxygens (including phenoxy) is 1. The maximum absolute atomic E-state index is 13.1. The van der Waals surface area contributed by atoms with Gasteiger partial charge in [-0.25, -0.2) is 4.79 Å². The number of hydrogen-bond acceptors (Lipinski definition) is 5. The van der Waals surface area contributed by atoms with Crippen LogP contribution >= 0.6 is 0 Å². The van der Waals surface area contributed by atoms with Gasteiger partial charge in [0.1, 0.15) is 5.75 Å². The van der Waals surface area contributed by atoms with Crippen LogP contribution in [0.25, 0.3) is 5.76 Å². The molecule has 1 aliphatic carbocycles. The predicted octanol–water partition coefficient (Wildman–Crippen LogP) is 3.30. The van der Waals surface area contributed by atoms with Crippen LogP contribution in [0.1, 0.15) is 47.8 Å². The van der Waals surface area contributed by atoms with Crippen molar-refractivity contribution in [2.45, 2.75) is 51.3 Å². The third-order valence-electron chi connectivity index (χ3n) is 6.33.